The number of dihydropyridines is 1. The maximum atomic E-state index is 4.65. The molecule has 0 spiro atoms. The van der Waals surface area contributed by atoms with Crippen LogP contribution in [0, 0.1) is 5.92 Å². The molecule has 0 radical (unpaired) electrons. The van der Waals surface area contributed by atoms with Crippen LogP contribution in [0.2, 0.25) is 0 Å². The summed E-state index contributed by atoms with van der Waals surface area (Å²) in [7, 11) is 0. The van der Waals surface area contributed by atoms with Crippen LogP contribution in [0.3, 0.4) is 0 Å². The van der Waals surface area contributed by atoms with Crippen molar-refractivity contribution in [3.8, 4) is 0 Å². The van der Waals surface area contributed by atoms with Crippen molar-refractivity contribution in [2.45, 2.75) is 32.4 Å². The van der Waals surface area contributed by atoms with Gasteiger partial charge in [0, 0.05) is 38.4 Å². The smallest absolute Gasteiger partial charge is 0.0691 e. The van der Waals surface area contributed by atoms with Crippen molar-refractivity contribution in [2.75, 3.05) is 26.2 Å². The minimum absolute atomic E-state index is 0.461. The second-order valence-corrected chi connectivity index (χ2v) is 5.05. The van der Waals surface area contributed by atoms with Crippen molar-refractivity contribution >= 4 is 6.21 Å². The number of nitrogens with one attached hydrogen (secondary N) is 1. The lowest BCUT2D eigenvalue weighted by atomic mass is 9.91. The van der Waals surface area contributed by atoms with Crippen LogP contribution in [-0.2, 0) is 0 Å². The van der Waals surface area contributed by atoms with E-state index in [0.717, 1.165) is 19.5 Å². The van der Waals surface area contributed by atoms with Crippen molar-refractivity contribution in [3.63, 3.8) is 0 Å². The van der Waals surface area contributed by atoms with Gasteiger partial charge in [0.1, 0.15) is 0 Å². The average Bonchev–Trinajstić information content (AvgIpc) is 2.31. The van der Waals surface area contributed by atoms with Crippen molar-refractivity contribution in [1.29, 1.82) is 0 Å². The first kappa shape index (κ1) is 11.8. The Bertz CT molecular complexity index is 264. The Morgan fingerprint density at radius 3 is 2.62 bits per heavy atom. The Hall–Kier alpha value is -0.670. The molecule has 0 amide bonds. The summed E-state index contributed by atoms with van der Waals surface area (Å²) < 4.78 is 0. The lowest BCUT2D eigenvalue weighted by Crippen LogP contribution is -2.54. The Balaban J connectivity index is 2.03. The van der Waals surface area contributed by atoms with E-state index in [9.17, 15) is 0 Å². The van der Waals surface area contributed by atoms with Gasteiger partial charge in [-0.3, -0.25) is 9.89 Å². The van der Waals surface area contributed by atoms with Gasteiger partial charge in [0.05, 0.1) is 6.04 Å². The molecule has 1 N–H and O–H groups in total. The Kier molecular flexibility index (Phi) is 4.13. The molecule has 2 rings (SSSR count). The maximum absolute atomic E-state index is 4.65. The lowest BCUT2D eigenvalue weighted by molar-refractivity contribution is 0.116. The highest BCUT2D eigenvalue weighted by Gasteiger charge is 2.30. The van der Waals surface area contributed by atoms with Gasteiger partial charge < -0.3 is 5.32 Å². The summed E-state index contributed by atoms with van der Waals surface area (Å²) in [6.45, 7) is 9.21. The van der Waals surface area contributed by atoms with Crippen molar-refractivity contribution in [1.82, 2.24) is 10.2 Å². The Morgan fingerprint density at radius 1 is 1.31 bits per heavy atom. The van der Waals surface area contributed by atoms with Crippen LogP contribution in [0.15, 0.2) is 17.1 Å². The zero-order chi connectivity index (χ0) is 11.4. The molecule has 0 aromatic rings. The third-order valence-corrected chi connectivity index (χ3v) is 3.53. The van der Waals surface area contributed by atoms with Crippen LogP contribution in [0.25, 0.3) is 0 Å². The van der Waals surface area contributed by atoms with Gasteiger partial charge in [0.15, 0.2) is 0 Å². The fourth-order valence-electron chi connectivity index (χ4n) is 2.82. The minimum Gasteiger partial charge on any atom is -0.314 e. The first-order valence-electron chi connectivity index (χ1n) is 6.42. The van der Waals surface area contributed by atoms with Gasteiger partial charge in [-0.25, -0.2) is 0 Å². The molecule has 0 aromatic carbocycles. The molecule has 0 saturated carbocycles. The van der Waals surface area contributed by atoms with Gasteiger partial charge in [0.2, 0.25) is 0 Å². The van der Waals surface area contributed by atoms with Gasteiger partial charge in [-0.1, -0.05) is 19.9 Å². The Labute approximate surface area is 98.6 Å². The molecule has 3 heteroatoms. The molecule has 16 heavy (non-hydrogen) atoms. The fraction of sp³-hybridized carbons (Fsp3) is 0.769. The Morgan fingerprint density at radius 2 is 2.06 bits per heavy atom. The third-order valence-electron chi connectivity index (χ3n) is 3.53. The number of hydrogen-bond donors (Lipinski definition) is 1. The molecule has 3 nitrogen and oxygen atoms in total. The van der Waals surface area contributed by atoms with E-state index in [1.807, 2.05) is 6.21 Å². The summed E-state index contributed by atoms with van der Waals surface area (Å²) in [5.41, 5.74) is 0. The van der Waals surface area contributed by atoms with Crippen molar-refractivity contribution in [2.24, 2.45) is 10.9 Å². The zero-order valence-electron chi connectivity index (χ0n) is 10.4. The molecule has 2 aliphatic heterocycles. The summed E-state index contributed by atoms with van der Waals surface area (Å²) in [4.78, 5) is 7.27. The summed E-state index contributed by atoms with van der Waals surface area (Å²) >= 11 is 0. The van der Waals surface area contributed by atoms with E-state index in [1.54, 1.807) is 0 Å². The third kappa shape index (κ3) is 2.71. The number of rotatable bonds is 3. The highest BCUT2D eigenvalue weighted by atomic mass is 15.2. The van der Waals surface area contributed by atoms with Crippen LogP contribution >= 0.6 is 0 Å². The highest BCUT2D eigenvalue weighted by Crippen LogP contribution is 2.21. The normalized spacial score (nSPS) is 28.6. The molecule has 0 aliphatic carbocycles. The molecule has 2 heterocycles. The van der Waals surface area contributed by atoms with Crippen LogP contribution < -0.4 is 5.32 Å². The van der Waals surface area contributed by atoms with Gasteiger partial charge in [-0.15, -0.1) is 0 Å². The van der Waals surface area contributed by atoms with Crippen LogP contribution in [0.5, 0.6) is 0 Å². The minimum atomic E-state index is 0.461. The molecular weight excluding hydrogens is 198 g/mol. The quantitative estimate of drug-likeness (QED) is 0.778. The molecule has 0 aromatic heterocycles. The number of aliphatic imine (C=N–C) groups is 1. The van der Waals surface area contributed by atoms with E-state index in [-0.39, 0.29) is 0 Å². The number of allylic oxidation sites excluding steroid dienone is 1. The van der Waals surface area contributed by atoms with Crippen molar-refractivity contribution in [3.05, 3.63) is 12.2 Å². The first-order chi connectivity index (χ1) is 7.79. The number of nitrogens with zero attached hydrogens (tertiary/aromatic N) is 2. The van der Waals surface area contributed by atoms with Gasteiger partial charge in [-0.05, 0) is 18.4 Å². The van der Waals surface area contributed by atoms with Crippen LogP contribution in [0.4, 0.5) is 0 Å². The van der Waals surface area contributed by atoms with E-state index in [2.05, 4.69) is 41.2 Å². The van der Waals surface area contributed by atoms with Gasteiger partial charge >= 0.3 is 0 Å². The standard InChI is InChI=1S/C13H23N3/c1-11(2)13(12-5-3-4-6-15-12)16-9-7-14-8-10-16/h3-4,6,11-14H,5,7-10H2,1-2H3. The van der Waals surface area contributed by atoms with E-state index in [0.29, 0.717) is 18.0 Å². The topological polar surface area (TPSA) is 27.6 Å². The number of piperazine rings is 1. The summed E-state index contributed by atoms with van der Waals surface area (Å²) in [5, 5.41) is 3.42. The largest absolute Gasteiger partial charge is 0.314 e. The zero-order valence-corrected chi connectivity index (χ0v) is 10.4. The van der Waals surface area contributed by atoms with Crippen molar-refractivity contribution < 1.29 is 0 Å². The molecule has 90 valence electrons. The first-order valence-corrected chi connectivity index (χ1v) is 6.42. The SMILES string of the molecule is CC(C)C(C1CC=CC=N1)N1CCNCC1. The molecule has 0 bridgehead atoms. The predicted octanol–water partition coefficient (Wildman–Crippen LogP) is 1.32. The van der Waals surface area contributed by atoms with Crippen LogP contribution in [0.1, 0.15) is 20.3 Å². The monoisotopic (exact) mass is 221 g/mol. The maximum Gasteiger partial charge on any atom is 0.0691 e. The van der Waals surface area contributed by atoms with E-state index in [1.165, 1.54) is 13.1 Å². The van der Waals surface area contributed by atoms with E-state index in [4.69, 9.17) is 0 Å². The number of hydrogen-bond acceptors (Lipinski definition) is 3. The second-order valence-electron chi connectivity index (χ2n) is 5.05. The molecule has 2 unspecified atom stereocenters. The summed E-state index contributed by atoms with van der Waals surface area (Å²) in [6, 6.07) is 1.06. The predicted molar refractivity (Wildman–Crippen MR) is 69.1 cm³/mol. The fourth-order valence-corrected chi connectivity index (χ4v) is 2.82. The van der Waals surface area contributed by atoms with Gasteiger partial charge in [-0.2, -0.15) is 0 Å². The second kappa shape index (κ2) is 5.60. The molecule has 2 atom stereocenters. The molecule has 1 saturated heterocycles. The van der Waals surface area contributed by atoms with E-state index >= 15 is 0 Å². The van der Waals surface area contributed by atoms with Gasteiger partial charge in [0.25, 0.3) is 0 Å². The summed E-state index contributed by atoms with van der Waals surface area (Å²) in [6.07, 6.45) is 7.37. The van der Waals surface area contributed by atoms with E-state index < -0.39 is 0 Å². The average molecular weight is 221 g/mol. The lowest BCUT2D eigenvalue weighted by Gasteiger charge is -2.40. The highest BCUT2D eigenvalue weighted by molar-refractivity contribution is 5.72. The molecule has 2 aliphatic rings. The molecule has 1 fully saturated rings. The molecular formula is C13H23N3. The summed E-state index contributed by atoms with van der Waals surface area (Å²) in [5.74, 6) is 0.673. The van der Waals surface area contributed by atoms with Crippen LogP contribution in [-0.4, -0.2) is 49.4 Å².